The van der Waals surface area contributed by atoms with Crippen LogP contribution in [0.4, 0.5) is 0 Å². The minimum Gasteiger partial charge on any atom is -0.493 e. The van der Waals surface area contributed by atoms with Gasteiger partial charge in [0.05, 0.1) is 24.0 Å². The van der Waals surface area contributed by atoms with Crippen molar-refractivity contribution in [3.8, 4) is 17.2 Å². The topological polar surface area (TPSA) is 81.6 Å². The molecule has 0 spiro atoms. The zero-order valence-electron chi connectivity index (χ0n) is 15.1. The molecule has 0 N–H and O–H groups in total. The Labute approximate surface area is 156 Å². The summed E-state index contributed by atoms with van der Waals surface area (Å²) in [5.41, 5.74) is 1.38. The smallest absolute Gasteiger partial charge is 0.257 e. The first-order valence-electron chi connectivity index (χ1n) is 9.13. The van der Waals surface area contributed by atoms with Gasteiger partial charge in [-0.3, -0.25) is 4.79 Å². The minimum atomic E-state index is 0.00196. The maximum Gasteiger partial charge on any atom is 0.257 e. The molecule has 1 amide bonds. The second kappa shape index (κ2) is 7.65. The lowest BCUT2D eigenvalue weighted by atomic mass is 9.96. The molecule has 0 aliphatic carbocycles. The normalized spacial score (nSPS) is 15.1. The zero-order valence-corrected chi connectivity index (χ0v) is 15.1. The van der Waals surface area contributed by atoms with Crippen molar-refractivity contribution < 1.29 is 18.4 Å². The van der Waals surface area contributed by atoms with E-state index in [1.807, 2.05) is 36.1 Å². The van der Waals surface area contributed by atoms with E-state index < -0.39 is 0 Å². The number of aromatic nitrogens is 2. The molecule has 1 aliphatic heterocycles. The van der Waals surface area contributed by atoms with Gasteiger partial charge in [0, 0.05) is 19.0 Å². The Bertz CT molecular complexity index is 896. The van der Waals surface area contributed by atoms with Crippen LogP contribution in [0.2, 0.25) is 0 Å². The van der Waals surface area contributed by atoms with Crippen LogP contribution in [0.3, 0.4) is 0 Å². The van der Waals surface area contributed by atoms with Gasteiger partial charge in [-0.15, -0.1) is 10.2 Å². The highest BCUT2D eigenvalue weighted by molar-refractivity contribution is 5.97. The van der Waals surface area contributed by atoms with Crippen molar-refractivity contribution in [2.75, 3.05) is 19.7 Å². The van der Waals surface area contributed by atoms with Crippen molar-refractivity contribution in [2.24, 2.45) is 0 Å². The molecule has 1 saturated heterocycles. The standard InChI is InChI=1S/C20H21N3O4/c1-2-26-17-6-4-3-5-16(17)20(24)23-10-7-14(8-11-23)18-21-22-19(27-18)15-9-12-25-13-15/h3-6,9,12-14H,2,7-8,10-11H2,1H3. The predicted octanol–water partition coefficient (Wildman–Crippen LogP) is 3.75. The van der Waals surface area contributed by atoms with Crippen molar-refractivity contribution in [3.05, 3.63) is 54.3 Å². The highest BCUT2D eigenvalue weighted by atomic mass is 16.5. The van der Waals surface area contributed by atoms with Crippen LogP contribution in [0, 0.1) is 0 Å². The number of furan rings is 1. The predicted molar refractivity (Wildman–Crippen MR) is 97.5 cm³/mol. The number of nitrogens with zero attached hydrogens (tertiary/aromatic N) is 3. The highest BCUT2D eigenvalue weighted by Gasteiger charge is 2.29. The van der Waals surface area contributed by atoms with Crippen molar-refractivity contribution in [2.45, 2.75) is 25.7 Å². The van der Waals surface area contributed by atoms with Gasteiger partial charge in [0.25, 0.3) is 11.8 Å². The van der Waals surface area contributed by atoms with Gasteiger partial charge in [0.15, 0.2) is 0 Å². The quantitative estimate of drug-likeness (QED) is 0.683. The third-order valence-corrected chi connectivity index (χ3v) is 4.76. The molecular weight excluding hydrogens is 346 g/mol. The van der Waals surface area contributed by atoms with Crippen LogP contribution in [-0.2, 0) is 0 Å². The number of amides is 1. The number of ether oxygens (including phenoxy) is 1. The van der Waals surface area contributed by atoms with Gasteiger partial charge in [-0.05, 0) is 38.0 Å². The van der Waals surface area contributed by atoms with E-state index in [9.17, 15) is 4.79 Å². The molecule has 0 saturated carbocycles. The summed E-state index contributed by atoms with van der Waals surface area (Å²) in [5.74, 6) is 1.87. The maximum atomic E-state index is 12.9. The van der Waals surface area contributed by atoms with Crippen LogP contribution < -0.4 is 4.74 Å². The van der Waals surface area contributed by atoms with Crippen molar-refractivity contribution >= 4 is 5.91 Å². The second-order valence-corrected chi connectivity index (χ2v) is 6.45. The molecular formula is C20H21N3O4. The van der Waals surface area contributed by atoms with Crippen molar-refractivity contribution in [1.29, 1.82) is 0 Å². The monoisotopic (exact) mass is 367 g/mol. The number of para-hydroxylation sites is 1. The first kappa shape index (κ1) is 17.3. The van der Waals surface area contributed by atoms with Gasteiger partial charge in [0.1, 0.15) is 12.0 Å². The summed E-state index contributed by atoms with van der Waals surface area (Å²) in [7, 11) is 0. The molecule has 2 aromatic heterocycles. The van der Waals surface area contributed by atoms with Crippen molar-refractivity contribution in [3.63, 3.8) is 0 Å². The molecule has 3 aromatic rings. The van der Waals surface area contributed by atoms with E-state index in [4.69, 9.17) is 13.6 Å². The van der Waals surface area contributed by atoms with Gasteiger partial charge in [-0.25, -0.2) is 0 Å². The average Bonchev–Trinajstić information content (AvgIpc) is 3.40. The number of carbonyl (C=O) groups is 1. The lowest BCUT2D eigenvalue weighted by Gasteiger charge is -2.30. The van der Waals surface area contributed by atoms with E-state index in [1.165, 1.54) is 0 Å². The van der Waals surface area contributed by atoms with Gasteiger partial charge in [-0.2, -0.15) is 0 Å². The van der Waals surface area contributed by atoms with E-state index in [0.29, 0.717) is 42.8 Å². The number of likely N-dealkylation sites (tertiary alicyclic amines) is 1. The van der Waals surface area contributed by atoms with E-state index in [1.54, 1.807) is 18.6 Å². The number of carbonyl (C=O) groups excluding carboxylic acids is 1. The Balaban J connectivity index is 1.41. The number of piperidine rings is 1. The van der Waals surface area contributed by atoms with E-state index in [0.717, 1.165) is 18.4 Å². The first-order chi connectivity index (χ1) is 13.3. The molecule has 27 heavy (non-hydrogen) atoms. The van der Waals surface area contributed by atoms with E-state index in [2.05, 4.69) is 10.2 Å². The summed E-state index contributed by atoms with van der Waals surface area (Å²) >= 11 is 0. The highest BCUT2D eigenvalue weighted by Crippen LogP contribution is 2.31. The van der Waals surface area contributed by atoms with E-state index in [-0.39, 0.29) is 11.8 Å². The maximum absolute atomic E-state index is 12.9. The summed E-state index contributed by atoms with van der Waals surface area (Å²) in [6, 6.07) is 9.17. The van der Waals surface area contributed by atoms with Gasteiger partial charge in [-0.1, -0.05) is 12.1 Å². The number of rotatable bonds is 5. The van der Waals surface area contributed by atoms with E-state index >= 15 is 0 Å². The van der Waals surface area contributed by atoms with Crippen molar-refractivity contribution in [1.82, 2.24) is 15.1 Å². The third kappa shape index (κ3) is 3.58. The summed E-state index contributed by atoms with van der Waals surface area (Å²) in [5, 5.41) is 8.27. The lowest BCUT2D eigenvalue weighted by molar-refractivity contribution is 0.0702. The van der Waals surface area contributed by atoms with Gasteiger partial charge in [0.2, 0.25) is 5.89 Å². The summed E-state index contributed by atoms with van der Waals surface area (Å²) < 4.78 is 16.4. The Morgan fingerprint density at radius 3 is 2.78 bits per heavy atom. The first-order valence-corrected chi connectivity index (χ1v) is 9.13. The Hall–Kier alpha value is -3.09. The molecule has 7 nitrogen and oxygen atoms in total. The molecule has 0 radical (unpaired) electrons. The molecule has 3 heterocycles. The van der Waals surface area contributed by atoms with Gasteiger partial charge < -0.3 is 18.5 Å². The number of benzene rings is 1. The zero-order chi connectivity index (χ0) is 18.6. The Morgan fingerprint density at radius 1 is 1.22 bits per heavy atom. The molecule has 4 rings (SSSR count). The summed E-state index contributed by atoms with van der Waals surface area (Å²) in [4.78, 5) is 14.7. The van der Waals surface area contributed by atoms with Crippen LogP contribution >= 0.6 is 0 Å². The fourth-order valence-corrected chi connectivity index (χ4v) is 3.33. The van der Waals surface area contributed by atoms with Crippen LogP contribution in [0.1, 0.15) is 41.9 Å². The molecule has 1 aromatic carbocycles. The molecule has 0 unspecified atom stereocenters. The summed E-state index contributed by atoms with van der Waals surface area (Å²) in [6.45, 7) is 3.73. The fraction of sp³-hybridized carbons (Fsp3) is 0.350. The molecule has 7 heteroatoms. The second-order valence-electron chi connectivity index (χ2n) is 6.45. The Morgan fingerprint density at radius 2 is 2.04 bits per heavy atom. The van der Waals surface area contributed by atoms with Gasteiger partial charge >= 0.3 is 0 Å². The van der Waals surface area contributed by atoms with Crippen LogP contribution in [0.5, 0.6) is 5.75 Å². The van der Waals surface area contributed by atoms with Crippen LogP contribution in [0.15, 0.2) is 51.7 Å². The molecule has 0 bridgehead atoms. The molecule has 0 atom stereocenters. The third-order valence-electron chi connectivity index (χ3n) is 4.76. The molecule has 1 aliphatic rings. The molecule has 1 fully saturated rings. The SMILES string of the molecule is CCOc1ccccc1C(=O)N1CCC(c2nnc(-c3ccoc3)o2)CC1. The largest absolute Gasteiger partial charge is 0.493 e. The number of hydrogen-bond acceptors (Lipinski definition) is 6. The lowest BCUT2D eigenvalue weighted by Crippen LogP contribution is -2.38. The average molecular weight is 367 g/mol. The van der Waals surface area contributed by atoms with Crippen LogP contribution in [0.25, 0.3) is 11.5 Å². The molecule has 140 valence electrons. The number of hydrogen-bond donors (Lipinski definition) is 0. The summed E-state index contributed by atoms with van der Waals surface area (Å²) in [6.07, 6.45) is 4.73. The fourth-order valence-electron chi connectivity index (χ4n) is 3.33. The van der Waals surface area contributed by atoms with Crippen LogP contribution in [-0.4, -0.2) is 40.7 Å². The Kier molecular flexibility index (Phi) is 4.91. The minimum absolute atomic E-state index is 0.00196.